The summed E-state index contributed by atoms with van der Waals surface area (Å²) in [6, 6.07) is 11.4. The first-order valence-corrected chi connectivity index (χ1v) is 14.3. The standard InChI is InChI=1S/C27H39N5OS/c1-2-32-25-9-8-23(20-24(25)26(29-32)27(33)31-16-18-34-19-17-31)28-12-15-30-13-10-22(11-14-30)21-6-4-3-5-7-21/h3-7,22-23,28H,2,8-20H2,1H3. The van der Waals surface area contributed by atoms with Crippen molar-refractivity contribution in [1.82, 2.24) is 24.9 Å². The molecule has 1 atom stereocenters. The molecule has 5 rings (SSSR count). The Balaban J connectivity index is 1.13. The smallest absolute Gasteiger partial charge is 0.274 e. The highest BCUT2D eigenvalue weighted by atomic mass is 32.2. The van der Waals surface area contributed by atoms with Gasteiger partial charge in [-0.2, -0.15) is 16.9 Å². The predicted molar refractivity (Wildman–Crippen MR) is 140 cm³/mol. The summed E-state index contributed by atoms with van der Waals surface area (Å²) < 4.78 is 2.08. The van der Waals surface area contributed by atoms with Gasteiger partial charge in [0.2, 0.25) is 0 Å². The third-order valence-electron chi connectivity index (χ3n) is 7.87. The second-order valence-corrected chi connectivity index (χ2v) is 11.1. The number of nitrogens with zero attached hydrogens (tertiary/aromatic N) is 4. The van der Waals surface area contributed by atoms with Crippen molar-refractivity contribution >= 4 is 17.7 Å². The number of amides is 1. The molecule has 1 aromatic heterocycles. The van der Waals surface area contributed by atoms with E-state index in [0.29, 0.717) is 12.0 Å². The molecule has 34 heavy (non-hydrogen) atoms. The highest BCUT2D eigenvalue weighted by molar-refractivity contribution is 7.99. The molecule has 1 aromatic carbocycles. The van der Waals surface area contributed by atoms with Gasteiger partial charge in [0.05, 0.1) is 0 Å². The quantitative estimate of drug-likeness (QED) is 0.657. The number of aromatic nitrogens is 2. The Morgan fingerprint density at radius 2 is 1.85 bits per heavy atom. The van der Waals surface area contributed by atoms with E-state index in [9.17, 15) is 4.79 Å². The number of piperidine rings is 1. The molecular weight excluding hydrogens is 442 g/mol. The maximum absolute atomic E-state index is 13.3. The van der Waals surface area contributed by atoms with E-state index in [0.717, 1.165) is 69.2 Å². The predicted octanol–water partition coefficient (Wildman–Crippen LogP) is 3.42. The zero-order valence-corrected chi connectivity index (χ0v) is 21.4. The molecule has 2 fully saturated rings. The van der Waals surface area contributed by atoms with Gasteiger partial charge < -0.3 is 15.1 Å². The first-order valence-electron chi connectivity index (χ1n) is 13.2. The van der Waals surface area contributed by atoms with Crippen molar-refractivity contribution in [1.29, 1.82) is 0 Å². The molecule has 2 aromatic rings. The number of rotatable bonds is 7. The molecule has 0 bridgehead atoms. The topological polar surface area (TPSA) is 53.4 Å². The molecular formula is C27H39N5OS. The number of carbonyl (C=O) groups excluding carboxylic acids is 1. The highest BCUT2D eigenvalue weighted by Gasteiger charge is 2.31. The minimum Gasteiger partial charge on any atom is -0.336 e. The van der Waals surface area contributed by atoms with Crippen LogP contribution in [0.5, 0.6) is 0 Å². The molecule has 3 aliphatic rings. The summed E-state index contributed by atoms with van der Waals surface area (Å²) in [7, 11) is 0. The monoisotopic (exact) mass is 481 g/mol. The molecule has 184 valence electrons. The number of carbonyl (C=O) groups is 1. The summed E-state index contributed by atoms with van der Waals surface area (Å²) in [5, 5.41) is 8.61. The molecule has 0 saturated carbocycles. The molecule has 0 radical (unpaired) electrons. The zero-order valence-electron chi connectivity index (χ0n) is 20.5. The zero-order chi connectivity index (χ0) is 23.3. The van der Waals surface area contributed by atoms with Crippen molar-refractivity contribution in [2.24, 2.45) is 0 Å². The maximum atomic E-state index is 13.3. The number of benzene rings is 1. The molecule has 6 nitrogen and oxygen atoms in total. The fourth-order valence-corrected chi connectivity index (χ4v) is 6.76. The lowest BCUT2D eigenvalue weighted by molar-refractivity contribution is 0.0764. The van der Waals surface area contributed by atoms with E-state index < -0.39 is 0 Å². The second-order valence-electron chi connectivity index (χ2n) is 9.91. The maximum Gasteiger partial charge on any atom is 0.274 e. The van der Waals surface area contributed by atoms with Crippen molar-refractivity contribution < 1.29 is 4.79 Å². The lowest BCUT2D eigenvalue weighted by Crippen LogP contribution is -2.42. The van der Waals surface area contributed by atoms with Gasteiger partial charge in [0, 0.05) is 61.5 Å². The van der Waals surface area contributed by atoms with Crippen molar-refractivity contribution in [2.75, 3.05) is 50.8 Å². The van der Waals surface area contributed by atoms with Gasteiger partial charge in [-0.15, -0.1) is 0 Å². The number of hydrogen-bond acceptors (Lipinski definition) is 5. The van der Waals surface area contributed by atoms with Crippen molar-refractivity contribution in [3.63, 3.8) is 0 Å². The SMILES string of the molecule is CCn1nc(C(=O)N2CCSCC2)c2c1CCC(NCCN1CCC(c3ccccc3)CC1)C2. The van der Waals surface area contributed by atoms with E-state index in [1.54, 1.807) is 0 Å². The average Bonchev–Trinajstić information content (AvgIpc) is 3.28. The van der Waals surface area contributed by atoms with Crippen molar-refractivity contribution in [3.8, 4) is 0 Å². The Bertz CT molecular complexity index is 947. The number of fused-ring (bicyclic) bond motifs is 1. The third kappa shape index (κ3) is 5.37. The van der Waals surface area contributed by atoms with Crippen LogP contribution >= 0.6 is 11.8 Å². The van der Waals surface area contributed by atoms with Gasteiger partial charge in [-0.05, 0) is 63.6 Å². The Labute approximate surface area is 208 Å². The van der Waals surface area contributed by atoms with Gasteiger partial charge in [-0.1, -0.05) is 30.3 Å². The largest absolute Gasteiger partial charge is 0.336 e. The summed E-state index contributed by atoms with van der Waals surface area (Å²) >= 11 is 1.94. The number of aryl methyl sites for hydroxylation is 1. The normalized spacial score (nSPS) is 22.0. The van der Waals surface area contributed by atoms with E-state index in [2.05, 4.69) is 52.2 Å². The van der Waals surface area contributed by atoms with Gasteiger partial charge >= 0.3 is 0 Å². The van der Waals surface area contributed by atoms with Gasteiger partial charge in [0.25, 0.3) is 5.91 Å². The summed E-state index contributed by atoms with van der Waals surface area (Å²) in [5.41, 5.74) is 4.72. The molecule has 7 heteroatoms. The molecule has 2 saturated heterocycles. The minimum atomic E-state index is 0.144. The first-order chi connectivity index (χ1) is 16.7. The van der Waals surface area contributed by atoms with Crippen LogP contribution in [0, 0.1) is 0 Å². The number of nitrogens with one attached hydrogen (secondary N) is 1. The Hall–Kier alpha value is -1.83. The summed E-state index contributed by atoms with van der Waals surface area (Å²) in [6.07, 6.45) is 5.58. The molecule has 1 unspecified atom stereocenters. The van der Waals surface area contributed by atoms with Crippen LogP contribution < -0.4 is 5.32 Å². The minimum absolute atomic E-state index is 0.144. The third-order valence-corrected chi connectivity index (χ3v) is 8.81. The van der Waals surface area contributed by atoms with Crippen LogP contribution in [0.4, 0.5) is 0 Å². The van der Waals surface area contributed by atoms with Crippen molar-refractivity contribution in [3.05, 3.63) is 52.8 Å². The Kier molecular flexibility index (Phi) is 7.92. The van der Waals surface area contributed by atoms with E-state index in [-0.39, 0.29) is 5.91 Å². The van der Waals surface area contributed by atoms with E-state index >= 15 is 0 Å². The Morgan fingerprint density at radius 3 is 2.59 bits per heavy atom. The fourth-order valence-electron chi connectivity index (χ4n) is 5.85. The Morgan fingerprint density at radius 1 is 1.09 bits per heavy atom. The van der Waals surface area contributed by atoms with Crippen LogP contribution in [0.25, 0.3) is 0 Å². The number of thioether (sulfide) groups is 1. The molecule has 2 aliphatic heterocycles. The second kappa shape index (κ2) is 11.3. The van der Waals surface area contributed by atoms with Crippen LogP contribution in [0.15, 0.2) is 30.3 Å². The van der Waals surface area contributed by atoms with E-state index in [1.807, 2.05) is 16.7 Å². The van der Waals surface area contributed by atoms with Crippen molar-refractivity contribution in [2.45, 2.75) is 57.5 Å². The summed E-state index contributed by atoms with van der Waals surface area (Å²) in [5.74, 6) is 2.93. The van der Waals surface area contributed by atoms with Crippen LogP contribution in [-0.4, -0.2) is 82.3 Å². The molecule has 0 spiro atoms. The lowest BCUT2D eigenvalue weighted by Gasteiger charge is -2.33. The molecule has 1 amide bonds. The lowest BCUT2D eigenvalue weighted by atomic mass is 9.89. The van der Waals surface area contributed by atoms with Gasteiger partial charge in [-0.3, -0.25) is 9.48 Å². The van der Waals surface area contributed by atoms with E-state index in [1.165, 1.54) is 42.8 Å². The van der Waals surface area contributed by atoms with Gasteiger partial charge in [-0.25, -0.2) is 0 Å². The number of likely N-dealkylation sites (tertiary alicyclic amines) is 1. The highest BCUT2D eigenvalue weighted by Crippen LogP contribution is 2.28. The molecule has 1 aliphatic carbocycles. The van der Waals surface area contributed by atoms with E-state index in [4.69, 9.17) is 5.10 Å². The van der Waals surface area contributed by atoms with Crippen LogP contribution in [-0.2, 0) is 19.4 Å². The van der Waals surface area contributed by atoms with Gasteiger partial charge in [0.1, 0.15) is 0 Å². The summed E-state index contributed by atoms with van der Waals surface area (Å²) in [4.78, 5) is 17.9. The van der Waals surface area contributed by atoms with Crippen LogP contribution in [0.1, 0.15) is 59.4 Å². The first kappa shape index (κ1) is 23.9. The van der Waals surface area contributed by atoms with Crippen LogP contribution in [0.3, 0.4) is 0 Å². The van der Waals surface area contributed by atoms with Crippen LogP contribution in [0.2, 0.25) is 0 Å². The number of hydrogen-bond donors (Lipinski definition) is 1. The molecule has 3 heterocycles. The average molecular weight is 482 g/mol. The molecule has 1 N–H and O–H groups in total. The fraction of sp³-hybridized carbons (Fsp3) is 0.630. The summed E-state index contributed by atoms with van der Waals surface area (Å²) in [6.45, 7) is 9.16. The van der Waals surface area contributed by atoms with Gasteiger partial charge in [0.15, 0.2) is 5.69 Å².